The monoisotopic (exact) mass is 463 g/mol. The smallest absolute Gasteiger partial charge is 0.0739 e. The summed E-state index contributed by atoms with van der Waals surface area (Å²) < 4.78 is 0. The van der Waals surface area contributed by atoms with Gasteiger partial charge in [0, 0.05) is 0 Å². The number of halogens is 2. The van der Waals surface area contributed by atoms with Crippen LogP contribution in [-0.4, -0.2) is 39.3 Å². The van der Waals surface area contributed by atoms with Gasteiger partial charge in [0.15, 0.2) is 0 Å². The molecular formula is C10H22Cl2N4Pt-4. The summed E-state index contributed by atoms with van der Waals surface area (Å²) in [4.78, 5) is 0. The molecule has 0 aliphatic carbocycles. The molecule has 2 N–H and O–H groups in total. The van der Waals surface area contributed by atoms with Gasteiger partial charge in [-0.25, -0.2) is 0 Å². The zero-order valence-electron chi connectivity index (χ0n) is 10.0. The van der Waals surface area contributed by atoms with Gasteiger partial charge in [0.1, 0.15) is 0 Å². The van der Waals surface area contributed by atoms with Gasteiger partial charge in [-0.3, -0.25) is 0 Å². The van der Waals surface area contributed by atoms with E-state index in [1.807, 2.05) is 0 Å². The van der Waals surface area contributed by atoms with Crippen LogP contribution in [0.2, 0.25) is 0 Å². The van der Waals surface area contributed by atoms with E-state index < -0.39 is 16.5 Å². The van der Waals surface area contributed by atoms with Crippen molar-refractivity contribution < 1.29 is 16.5 Å². The Morgan fingerprint density at radius 1 is 0.706 bits per heavy atom. The Morgan fingerprint density at radius 2 is 1.00 bits per heavy atom. The Bertz CT molecular complexity index is 110. The second-order valence-corrected chi connectivity index (χ2v) is 6.58. The van der Waals surface area contributed by atoms with Gasteiger partial charge in [-0.2, -0.15) is 26.2 Å². The van der Waals surface area contributed by atoms with Gasteiger partial charge in [-0.05, 0) is 0 Å². The molecule has 0 saturated heterocycles. The zero-order chi connectivity index (χ0) is 13.2. The zero-order valence-corrected chi connectivity index (χ0v) is 13.8. The van der Waals surface area contributed by atoms with E-state index in [2.05, 4.69) is 10.6 Å². The van der Waals surface area contributed by atoms with Crippen LogP contribution in [0, 0.1) is 0 Å². The van der Waals surface area contributed by atoms with Crippen molar-refractivity contribution >= 4 is 18.8 Å². The van der Waals surface area contributed by atoms with E-state index in [4.69, 9.17) is 30.3 Å². The SMILES string of the molecule is [Cl][Pt][Cl].[NH-]CCC[N-]CCCC[N-]CCC[NH-]. The van der Waals surface area contributed by atoms with E-state index in [1.54, 1.807) is 0 Å². The first-order valence-corrected chi connectivity index (χ1v) is 11.3. The molecular weight excluding hydrogens is 442 g/mol. The van der Waals surface area contributed by atoms with Crippen molar-refractivity contribution in [3.05, 3.63) is 22.1 Å². The van der Waals surface area contributed by atoms with Crippen LogP contribution >= 0.6 is 18.8 Å². The van der Waals surface area contributed by atoms with Crippen LogP contribution in [0.1, 0.15) is 25.7 Å². The van der Waals surface area contributed by atoms with Crippen LogP contribution in [0.5, 0.6) is 0 Å². The van der Waals surface area contributed by atoms with Gasteiger partial charge in [0.2, 0.25) is 0 Å². The average molecular weight is 464 g/mol. The molecule has 110 valence electrons. The molecule has 0 radical (unpaired) electrons. The Hall–Kier alpha value is 1.11. The van der Waals surface area contributed by atoms with Crippen molar-refractivity contribution in [3.8, 4) is 0 Å². The van der Waals surface area contributed by atoms with E-state index in [-0.39, 0.29) is 0 Å². The largest absolute Gasteiger partial charge is 0.677 e. The van der Waals surface area contributed by atoms with Crippen LogP contribution in [-0.2, 0) is 16.5 Å². The second kappa shape index (κ2) is 22.3. The molecule has 0 aromatic rings. The van der Waals surface area contributed by atoms with Crippen LogP contribution in [0.15, 0.2) is 0 Å². The molecule has 0 heterocycles. The fourth-order valence-electron chi connectivity index (χ4n) is 1.05. The third-order valence-corrected chi connectivity index (χ3v) is 1.87. The minimum absolute atomic E-state index is 0.472. The Kier molecular flexibility index (Phi) is 26.8. The topological polar surface area (TPSA) is 75.8 Å². The van der Waals surface area contributed by atoms with Crippen molar-refractivity contribution in [3.63, 3.8) is 0 Å². The summed E-state index contributed by atoms with van der Waals surface area (Å²) in [6.45, 7) is 4.53. The van der Waals surface area contributed by atoms with E-state index in [1.165, 1.54) is 0 Å². The molecule has 0 unspecified atom stereocenters. The third-order valence-electron chi connectivity index (χ3n) is 1.87. The van der Waals surface area contributed by atoms with Crippen LogP contribution in [0.25, 0.3) is 22.1 Å². The molecule has 0 aliphatic rings. The van der Waals surface area contributed by atoms with Gasteiger partial charge >= 0.3 is 35.3 Å². The number of rotatable bonds is 11. The maximum absolute atomic E-state index is 6.92. The van der Waals surface area contributed by atoms with Gasteiger partial charge in [0.25, 0.3) is 0 Å². The predicted molar refractivity (Wildman–Crippen MR) is 74.7 cm³/mol. The number of nitrogens with one attached hydrogen (secondary N) is 2. The van der Waals surface area contributed by atoms with Crippen molar-refractivity contribution in [2.45, 2.75) is 25.7 Å². The minimum Gasteiger partial charge on any atom is -0.677 e. The van der Waals surface area contributed by atoms with Gasteiger partial charge in [-0.15, -0.1) is 13.1 Å². The van der Waals surface area contributed by atoms with E-state index in [9.17, 15) is 0 Å². The molecule has 0 bridgehead atoms. The van der Waals surface area contributed by atoms with E-state index in [0.717, 1.165) is 51.9 Å². The first kappa shape index (κ1) is 20.4. The molecule has 0 spiro atoms. The molecule has 0 aromatic carbocycles. The van der Waals surface area contributed by atoms with E-state index >= 15 is 0 Å². The summed E-state index contributed by atoms with van der Waals surface area (Å²) in [7, 11) is 9.75. The Labute approximate surface area is 122 Å². The molecule has 0 fully saturated rings. The summed E-state index contributed by atoms with van der Waals surface area (Å²) in [5, 5.41) is 8.61. The summed E-state index contributed by atoms with van der Waals surface area (Å²) in [5.41, 5.74) is 13.8. The molecule has 0 amide bonds. The summed E-state index contributed by atoms with van der Waals surface area (Å²) in [6.07, 6.45) is 4.02. The summed E-state index contributed by atoms with van der Waals surface area (Å²) >= 11 is -0.472. The standard InChI is InChI=1S/C10H22N4.2ClH.Pt/c11-5-3-9-13-7-1-2-8-14-10-4-6-12;;;/h11-12H,1-10H2;2*1H;/q-4;;;+2/p-2. The Morgan fingerprint density at radius 3 is 1.29 bits per heavy atom. The summed E-state index contributed by atoms with van der Waals surface area (Å²) in [5.74, 6) is 0. The fourth-order valence-corrected chi connectivity index (χ4v) is 1.05. The maximum atomic E-state index is 6.92. The molecule has 0 aliphatic heterocycles. The van der Waals surface area contributed by atoms with Crippen LogP contribution in [0.3, 0.4) is 0 Å². The van der Waals surface area contributed by atoms with Crippen molar-refractivity contribution in [1.29, 1.82) is 0 Å². The normalized spacial score (nSPS) is 10.1. The minimum atomic E-state index is -0.472. The van der Waals surface area contributed by atoms with Crippen LogP contribution < -0.4 is 0 Å². The number of unbranched alkanes of at least 4 members (excludes halogenated alkanes) is 1. The molecule has 0 rings (SSSR count). The fraction of sp³-hybridized carbons (Fsp3) is 1.00. The van der Waals surface area contributed by atoms with Gasteiger partial charge in [-0.1, -0.05) is 25.7 Å². The first-order chi connectivity index (χ1) is 8.33. The predicted octanol–water partition coefficient (Wildman–Crippen LogP) is 4.78. The molecule has 4 nitrogen and oxygen atoms in total. The molecule has 0 saturated carbocycles. The van der Waals surface area contributed by atoms with E-state index in [0.29, 0.717) is 13.1 Å². The Balaban J connectivity index is 0. The van der Waals surface area contributed by atoms with Crippen molar-refractivity contribution in [2.24, 2.45) is 0 Å². The van der Waals surface area contributed by atoms with Gasteiger partial charge in [0.05, 0.1) is 0 Å². The third kappa shape index (κ3) is 26.6. The van der Waals surface area contributed by atoms with Crippen molar-refractivity contribution in [2.75, 3.05) is 39.3 Å². The molecule has 0 atom stereocenters. The quantitative estimate of drug-likeness (QED) is 0.395. The average Bonchev–Trinajstić information content (AvgIpc) is 2.33. The number of hydrogen-bond acceptors (Lipinski definition) is 0. The molecule has 7 heteroatoms. The van der Waals surface area contributed by atoms with Crippen LogP contribution in [0.4, 0.5) is 0 Å². The first-order valence-electron chi connectivity index (χ1n) is 5.71. The second-order valence-electron chi connectivity index (χ2n) is 3.30. The number of nitrogens with zero attached hydrogens (tertiary/aromatic N) is 2. The molecule has 0 aromatic heterocycles. The number of hydrogen-bond donors (Lipinski definition) is 0. The van der Waals surface area contributed by atoms with Gasteiger partial charge < -0.3 is 22.1 Å². The molecule has 17 heavy (non-hydrogen) atoms. The van der Waals surface area contributed by atoms with Crippen molar-refractivity contribution in [1.82, 2.24) is 0 Å². The summed E-state index contributed by atoms with van der Waals surface area (Å²) in [6, 6.07) is 0. The maximum Gasteiger partial charge on any atom is -0.0739 e.